The van der Waals surface area contributed by atoms with Crippen molar-refractivity contribution in [1.82, 2.24) is 0 Å². The van der Waals surface area contributed by atoms with E-state index in [0.717, 1.165) is 17.7 Å². The number of carbonyl (C=O) groups is 1. The van der Waals surface area contributed by atoms with Gasteiger partial charge in [-0.05, 0) is 37.1 Å². The highest BCUT2D eigenvalue weighted by Crippen LogP contribution is 2.29. The topological polar surface area (TPSA) is 61.5 Å². The fraction of sp³-hybridized carbons (Fsp3) is 0.462. The van der Waals surface area contributed by atoms with Crippen molar-refractivity contribution in [1.29, 1.82) is 0 Å². The fourth-order valence-corrected chi connectivity index (χ4v) is 2.00. The zero-order valence-corrected chi connectivity index (χ0v) is 10.1. The first-order valence-corrected chi connectivity index (χ1v) is 5.71. The van der Waals surface area contributed by atoms with Gasteiger partial charge in [0.1, 0.15) is 5.75 Å². The standard InChI is InChI=1S/C13H17NO3/c1-8(14)11-6-10-5-9(13(15)16-2)3-4-12(10)17-7-11/h3-5,8,11H,6-7,14H2,1-2H3/t8-,11?/m0/s1. The van der Waals surface area contributed by atoms with Gasteiger partial charge in [0.15, 0.2) is 0 Å². The molecule has 0 bridgehead atoms. The number of fused-ring (bicyclic) bond motifs is 1. The van der Waals surface area contributed by atoms with Crippen molar-refractivity contribution in [2.45, 2.75) is 19.4 Å². The summed E-state index contributed by atoms with van der Waals surface area (Å²) in [5.74, 6) is 0.820. The first-order valence-electron chi connectivity index (χ1n) is 5.71. The molecule has 4 heteroatoms. The van der Waals surface area contributed by atoms with Crippen molar-refractivity contribution in [3.8, 4) is 5.75 Å². The van der Waals surface area contributed by atoms with Gasteiger partial charge < -0.3 is 15.2 Å². The Labute approximate surface area is 101 Å². The van der Waals surface area contributed by atoms with E-state index in [2.05, 4.69) is 0 Å². The maximum atomic E-state index is 11.4. The number of hydrogen-bond acceptors (Lipinski definition) is 4. The monoisotopic (exact) mass is 235 g/mol. The van der Waals surface area contributed by atoms with Crippen molar-refractivity contribution in [3.63, 3.8) is 0 Å². The summed E-state index contributed by atoms with van der Waals surface area (Å²) in [4.78, 5) is 11.4. The van der Waals surface area contributed by atoms with Crippen LogP contribution in [0.2, 0.25) is 0 Å². The Morgan fingerprint density at radius 2 is 2.35 bits per heavy atom. The van der Waals surface area contributed by atoms with Crippen LogP contribution in [0.3, 0.4) is 0 Å². The molecule has 4 nitrogen and oxygen atoms in total. The maximum Gasteiger partial charge on any atom is 0.337 e. The van der Waals surface area contributed by atoms with Crippen molar-refractivity contribution in [2.75, 3.05) is 13.7 Å². The van der Waals surface area contributed by atoms with Gasteiger partial charge in [-0.1, -0.05) is 0 Å². The van der Waals surface area contributed by atoms with Gasteiger partial charge in [-0.25, -0.2) is 4.79 Å². The lowest BCUT2D eigenvalue weighted by Gasteiger charge is -2.27. The summed E-state index contributed by atoms with van der Waals surface area (Å²) in [6.07, 6.45) is 0.845. The quantitative estimate of drug-likeness (QED) is 0.786. The average Bonchev–Trinajstić information content (AvgIpc) is 2.36. The molecule has 0 saturated heterocycles. The number of nitrogens with two attached hydrogens (primary N) is 1. The zero-order chi connectivity index (χ0) is 12.4. The average molecular weight is 235 g/mol. The van der Waals surface area contributed by atoms with Gasteiger partial charge >= 0.3 is 5.97 Å². The van der Waals surface area contributed by atoms with Crippen LogP contribution in [0.1, 0.15) is 22.8 Å². The van der Waals surface area contributed by atoms with Crippen LogP contribution in [-0.4, -0.2) is 25.7 Å². The number of rotatable bonds is 2. The van der Waals surface area contributed by atoms with E-state index in [1.807, 2.05) is 19.1 Å². The Morgan fingerprint density at radius 3 is 3.00 bits per heavy atom. The molecule has 2 atom stereocenters. The van der Waals surface area contributed by atoms with E-state index in [1.54, 1.807) is 6.07 Å². The highest BCUT2D eigenvalue weighted by Gasteiger charge is 2.23. The largest absolute Gasteiger partial charge is 0.493 e. The summed E-state index contributed by atoms with van der Waals surface area (Å²) < 4.78 is 10.3. The third kappa shape index (κ3) is 2.42. The van der Waals surface area contributed by atoms with Gasteiger partial charge in [0.2, 0.25) is 0 Å². The molecule has 0 aromatic heterocycles. The maximum absolute atomic E-state index is 11.4. The van der Waals surface area contributed by atoms with Crippen LogP contribution in [0.15, 0.2) is 18.2 Å². The molecule has 0 saturated carbocycles. The van der Waals surface area contributed by atoms with E-state index in [4.69, 9.17) is 15.2 Å². The lowest BCUT2D eigenvalue weighted by molar-refractivity contribution is 0.0600. The molecule has 92 valence electrons. The molecule has 0 spiro atoms. The first-order chi connectivity index (χ1) is 8.11. The van der Waals surface area contributed by atoms with Crippen LogP contribution in [0.4, 0.5) is 0 Å². The van der Waals surface area contributed by atoms with Crippen LogP contribution in [0, 0.1) is 5.92 Å². The SMILES string of the molecule is COC(=O)c1ccc2c(c1)CC([C@H](C)N)CO2. The summed E-state index contributed by atoms with van der Waals surface area (Å²) in [6.45, 7) is 2.62. The predicted molar refractivity (Wildman–Crippen MR) is 64.1 cm³/mol. The smallest absolute Gasteiger partial charge is 0.337 e. The Kier molecular flexibility index (Phi) is 3.33. The zero-order valence-electron chi connectivity index (χ0n) is 10.1. The third-order valence-corrected chi connectivity index (χ3v) is 3.16. The third-order valence-electron chi connectivity index (χ3n) is 3.16. The number of benzene rings is 1. The van der Waals surface area contributed by atoms with E-state index in [9.17, 15) is 4.79 Å². The van der Waals surface area contributed by atoms with E-state index >= 15 is 0 Å². The molecule has 0 radical (unpaired) electrons. The second-order valence-electron chi connectivity index (χ2n) is 4.45. The predicted octanol–water partition coefficient (Wildman–Crippen LogP) is 1.37. The summed E-state index contributed by atoms with van der Waals surface area (Å²) in [5.41, 5.74) is 7.46. The van der Waals surface area contributed by atoms with Crippen molar-refractivity contribution < 1.29 is 14.3 Å². The van der Waals surface area contributed by atoms with Gasteiger partial charge in [0.05, 0.1) is 19.3 Å². The highest BCUT2D eigenvalue weighted by atomic mass is 16.5. The minimum absolute atomic E-state index is 0.0879. The second-order valence-corrected chi connectivity index (χ2v) is 4.45. The summed E-state index contributed by atoms with van der Waals surface area (Å²) in [5, 5.41) is 0. The van der Waals surface area contributed by atoms with E-state index in [-0.39, 0.29) is 12.0 Å². The number of ether oxygens (including phenoxy) is 2. The molecule has 1 aromatic rings. The van der Waals surface area contributed by atoms with E-state index in [1.165, 1.54) is 7.11 Å². The number of methoxy groups -OCH3 is 1. The van der Waals surface area contributed by atoms with Crippen LogP contribution >= 0.6 is 0 Å². The van der Waals surface area contributed by atoms with Gasteiger partial charge in [0.25, 0.3) is 0 Å². The molecule has 1 unspecified atom stereocenters. The Hall–Kier alpha value is -1.55. The Bertz CT molecular complexity index is 429. The molecule has 1 aliphatic rings. The van der Waals surface area contributed by atoms with Crippen LogP contribution < -0.4 is 10.5 Å². The summed E-state index contributed by atoms with van der Waals surface area (Å²) in [6, 6.07) is 5.45. The number of carbonyl (C=O) groups excluding carboxylic acids is 1. The van der Waals surface area contributed by atoms with E-state index < -0.39 is 0 Å². The minimum atomic E-state index is -0.323. The highest BCUT2D eigenvalue weighted by molar-refractivity contribution is 5.89. The number of esters is 1. The molecule has 1 heterocycles. The molecule has 1 aliphatic heterocycles. The summed E-state index contributed by atoms with van der Waals surface area (Å²) in [7, 11) is 1.38. The van der Waals surface area contributed by atoms with Crippen LogP contribution in [-0.2, 0) is 11.2 Å². The van der Waals surface area contributed by atoms with Crippen LogP contribution in [0.25, 0.3) is 0 Å². The molecule has 17 heavy (non-hydrogen) atoms. The van der Waals surface area contributed by atoms with Crippen molar-refractivity contribution in [2.24, 2.45) is 11.7 Å². The molecular weight excluding hydrogens is 218 g/mol. The van der Waals surface area contributed by atoms with Crippen molar-refractivity contribution >= 4 is 5.97 Å². The molecule has 0 aliphatic carbocycles. The van der Waals surface area contributed by atoms with Crippen LogP contribution in [0.5, 0.6) is 5.75 Å². The molecule has 1 aromatic carbocycles. The molecule has 0 fully saturated rings. The molecular formula is C13H17NO3. The van der Waals surface area contributed by atoms with E-state index in [0.29, 0.717) is 18.1 Å². The van der Waals surface area contributed by atoms with Gasteiger partial charge in [-0.15, -0.1) is 0 Å². The molecule has 2 N–H and O–H groups in total. The lowest BCUT2D eigenvalue weighted by Crippen LogP contribution is -2.35. The Morgan fingerprint density at radius 1 is 1.59 bits per heavy atom. The minimum Gasteiger partial charge on any atom is -0.493 e. The van der Waals surface area contributed by atoms with Gasteiger partial charge in [-0.3, -0.25) is 0 Å². The molecule has 0 amide bonds. The van der Waals surface area contributed by atoms with Crippen molar-refractivity contribution in [3.05, 3.63) is 29.3 Å². The normalized spacial score (nSPS) is 20.1. The van der Waals surface area contributed by atoms with Gasteiger partial charge in [0, 0.05) is 12.0 Å². The number of hydrogen-bond donors (Lipinski definition) is 1. The fourth-order valence-electron chi connectivity index (χ4n) is 2.00. The second kappa shape index (κ2) is 4.75. The molecule has 2 rings (SSSR count). The Balaban J connectivity index is 2.26. The van der Waals surface area contributed by atoms with Gasteiger partial charge in [-0.2, -0.15) is 0 Å². The summed E-state index contributed by atoms with van der Waals surface area (Å²) >= 11 is 0. The lowest BCUT2D eigenvalue weighted by atomic mass is 9.91. The first kappa shape index (κ1) is 11.9.